The van der Waals surface area contributed by atoms with Crippen molar-refractivity contribution >= 4 is 17.8 Å². The van der Waals surface area contributed by atoms with Gasteiger partial charge >= 0.3 is 5.97 Å². The highest BCUT2D eigenvalue weighted by atomic mass is 16.6. The quantitative estimate of drug-likeness (QED) is 0.213. The first-order valence-electron chi connectivity index (χ1n) is 8.12. The zero-order valence-corrected chi connectivity index (χ0v) is 14.8. The Balaban J connectivity index is 1.85. The Hall–Kier alpha value is -4.18. The average Bonchev–Trinajstić information content (AvgIpc) is 3.28. The lowest BCUT2D eigenvalue weighted by Gasteiger charge is -2.10. The number of pyridine rings is 1. The van der Waals surface area contributed by atoms with Gasteiger partial charge in [0.2, 0.25) is 5.78 Å². The van der Waals surface area contributed by atoms with Crippen molar-refractivity contribution in [3.63, 3.8) is 0 Å². The van der Waals surface area contributed by atoms with Crippen LogP contribution in [0.15, 0.2) is 71.1 Å². The molecule has 3 rings (SSSR count). The molecule has 0 unspecified atom stereocenters. The number of esters is 1. The van der Waals surface area contributed by atoms with Crippen molar-refractivity contribution in [1.82, 2.24) is 4.98 Å². The topological polar surface area (TPSA) is 102 Å². The maximum atomic E-state index is 12.3. The van der Waals surface area contributed by atoms with E-state index in [9.17, 15) is 14.9 Å². The molecular formula is C21H14N2O5. The minimum absolute atomic E-state index is 0.0719. The molecule has 0 bridgehead atoms. The second-order valence-corrected chi connectivity index (χ2v) is 5.51. The summed E-state index contributed by atoms with van der Waals surface area (Å²) < 4.78 is 15.7. The fraction of sp³-hybridized carbons (Fsp3) is 0.0476. The van der Waals surface area contributed by atoms with E-state index >= 15 is 0 Å². The maximum Gasteiger partial charge on any atom is 0.343 e. The highest BCUT2D eigenvalue weighted by molar-refractivity contribution is 6.12. The molecule has 3 aromatic rings. The van der Waals surface area contributed by atoms with Gasteiger partial charge in [-0.05, 0) is 48.0 Å². The van der Waals surface area contributed by atoms with E-state index in [-0.39, 0.29) is 22.8 Å². The molecule has 0 radical (unpaired) electrons. The van der Waals surface area contributed by atoms with Gasteiger partial charge in [0.05, 0.1) is 18.9 Å². The Kier molecular flexibility index (Phi) is 5.63. The van der Waals surface area contributed by atoms with Gasteiger partial charge in [-0.3, -0.25) is 9.78 Å². The first-order valence-corrected chi connectivity index (χ1v) is 8.12. The number of ether oxygens (including phenoxy) is 2. The number of nitriles is 1. The predicted octanol–water partition coefficient (Wildman–Crippen LogP) is 3.69. The van der Waals surface area contributed by atoms with E-state index in [0.717, 1.165) is 0 Å². The van der Waals surface area contributed by atoms with Crippen molar-refractivity contribution < 1.29 is 23.5 Å². The summed E-state index contributed by atoms with van der Waals surface area (Å²) in [5, 5.41) is 9.30. The van der Waals surface area contributed by atoms with Crippen LogP contribution in [-0.2, 0) is 0 Å². The third-order valence-corrected chi connectivity index (χ3v) is 3.73. The van der Waals surface area contributed by atoms with Gasteiger partial charge in [-0.1, -0.05) is 6.07 Å². The number of hydrogen-bond donors (Lipinski definition) is 0. The fourth-order valence-corrected chi connectivity index (χ4v) is 2.36. The minimum Gasteiger partial charge on any atom is -0.493 e. The van der Waals surface area contributed by atoms with Crippen LogP contribution in [0.3, 0.4) is 0 Å². The van der Waals surface area contributed by atoms with Gasteiger partial charge in [-0.2, -0.15) is 5.26 Å². The Labute approximate surface area is 160 Å². The van der Waals surface area contributed by atoms with E-state index in [1.165, 1.54) is 56.1 Å². The van der Waals surface area contributed by atoms with Gasteiger partial charge in [0.25, 0.3) is 0 Å². The van der Waals surface area contributed by atoms with Crippen molar-refractivity contribution in [2.75, 3.05) is 7.11 Å². The second kappa shape index (κ2) is 8.47. The molecular weight excluding hydrogens is 360 g/mol. The van der Waals surface area contributed by atoms with Crippen LogP contribution in [0.2, 0.25) is 0 Å². The molecule has 0 atom stereocenters. The zero-order chi connectivity index (χ0) is 19.9. The highest BCUT2D eigenvalue weighted by Gasteiger charge is 2.16. The number of methoxy groups -OCH3 is 1. The van der Waals surface area contributed by atoms with Crippen molar-refractivity contribution in [3.8, 4) is 17.6 Å². The van der Waals surface area contributed by atoms with Crippen molar-refractivity contribution in [1.29, 1.82) is 5.26 Å². The van der Waals surface area contributed by atoms with Gasteiger partial charge in [-0.25, -0.2) is 4.79 Å². The number of Topliss-reactive ketones (excluding diaryl/α,β-unsaturated/α-hetero) is 1. The summed E-state index contributed by atoms with van der Waals surface area (Å²) in [4.78, 5) is 28.3. The minimum atomic E-state index is -0.560. The molecule has 7 heteroatoms. The summed E-state index contributed by atoms with van der Waals surface area (Å²) in [7, 11) is 1.42. The number of furan rings is 1. The number of benzene rings is 1. The molecule has 0 fully saturated rings. The van der Waals surface area contributed by atoms with Crippen molar-refractivity contribution in [2.24, 2.45) is 0 Å². The molecule has 2 heterocycles. The van der Waals surface area contributed by atoms with Crippen LogP contribution in [0.5, 0.6) is 11.5 Å². The summed E-state index contributed by atoms with van der Waals surface area (Å²) in [6.07, 6.45) is 5.74. The van der Waals surface area contributed by atoms with Crippen LogP contribution in [0.1, 0.15) is 26.5 Å². The van der Waals surface area contributed by atoms with Crippen LogP contribution in [0.25, 0.3) is 6.08 Å². The van der Waals surface area contributed by atoms with Gasteiger partial charge in [0.15, 0.2) is 17.3 Å². The third-order valence-electron chi connectivity index (χ3n) is 3.73. The van der Waals surface area contributed by atoms with E-state index in [2.05, 4.69) is 4.98 Å². The number of ketones is 1. The van der Waals surface area contributed by atoms with Gasteiger partial charge < -0.3 is 13.9 Å². The Morgan fingerprint density at radius 3 is 2.57 bits per heavy atom. The Morgan fingerprint density at radius 1 is 1.14 bits per heavy atom. The number of nitrogens with zero attached hydrogens (tertiary/aromatic N) is 2. The smallest absolute Gasteiger partial charge is 0.343 e. The molecule has 0 saturated heterocycles. The largest absolute Gasteiger partial charge is 0.493 e. The monoisotopic (exact) mass is 374 g/mol. The lowest BCUT2D eigenvalue weighted by Crippen LogP contribution is -2.09. The lowest BCUT2D eigenvalue weighted by molar-refractivity contribution is 0.0729. The molecule has 0 aliphatic heterocycles. The number of allylic oxidation sites excluding steroid dienone is 1. The number of carbonyl (C=O) groups excluding carboxylic acids is 2. The molecule has 1 aromatic carbocycles. The van der Waals surface area contributed by atoms with E-state index in [1.54, 1.807) is 18.2 Å². The van der Waals surface area contributed by atoms with E-state index in [1.807, 2.05) is 6.07 Å². The molecule has 7 nitrogen and oxygen atoms in total. The number of hydrogen-bond acceptors (Lipinski definition) is 7. The molecule has 0 aliphatic rings. The Morgan fingerprint density at radius 2 is 1.93 bits per heavy atom. The molecule has 138 valence electrons. The summed E-state index contributed by atoms with van der Waals surface area (Å²) >= 11 is 0. The number of aromatic nitrogens is 1. The molecule has 0 amide bonds. The zero-order valence-electron chi connectivity index (χ0n) is 14.8. The van der Waals surface area contributed by atoms with E-state index in [4.69, 9.17) is 13.9 Å². The van der Waals surface area contributed by atoms with Crippen LogP contribution < -0.4 is 9.47 Å². The van der Waals surface area contributed by atoms with E-state index < -0.39 is 11.8 Å². The second-order valence-electron chi connectivity index (χ2n) is 5.51. The first kappa shape index (κ1) is 18.6. The van der Waals surface area contributed by atoms with Crippen molar-refractivity contribution in [3.05, 3.63) is 83.6 Å². The lowest BCUT2D eigenvalue weighted by atomic mass is 10.1. The molecule has 0 aliphatic carbocycles. The first-order chi connectivity index (χ1) is 13.6. The number of rotatable bonds is 6. The van der Waals surface area contributed by atoms with Crippen molar-refractivity contribution in [2.45, 2.75) is 0 Å². The van der Waals surface area contributed by atoms with Gasteiger partial charge in [0, 0.05) is 12.4 Å². The van der Waals surface area contributed by atoms with Gasteiger partial charge in [-0.15, -0.1) is 0 Å². The normalized spacial score (nSPS) is 10.8. The van der Waals surface area contributed by atoms with Crippen LogP contribution in [0.4, 0.5) is 0 Å². The predicted molar refractivity (Wildman–Crippen MR) is 98.8 cm³/mol. The van der Waals surface area contributed by atoms with Crippen LogP contribution >= 0.6 is 0 Å². The summed E-state index contributed by atoms with van der Waals surface area (Å²) in [5.74, 6) is -0.534. The number of carbonyl (C=O) groups is 2. The molecule has 0 saturated carbocycles. The summed E-state index contributed by atoms with van der Waals surface area (Å²) in [6.45, 7) is 0. The van der Waals surface area contributed by atoms with E-state index in [0.29, 0.717) is 11.1 Å². The summed E-state index contributed by atoms with van der Waals surface area (Å²) in [5.41, 5.74) is 0.771. The molecule has 0 spiro atoms. The highest BCUT2D eigenvalue weighted by Crippen LogP contribution is 2.30. The fourth-order valence-electron chi connectivity index (χ4n) is 2.36. The van der Waals surface area contributed by atoms with Gasteiger partial charge in [0.1, 0.15) is 11.6 Å². The standard InChI is InChI=1S/C21H14N2O5/c1-26-19-12-14(11-16(13-22)20(24)18-3-2-10-27-18)4-5-17(19)28-21(25)15-6-8-23-9-7-15/h2-12H,1H3/b16-11+. The maximum absolute atomic E-state index is 12.3. The Bertz CT molecular complexity index is 1060. The SMILES string of the molecule is COc1cc(/C=C(\C#N)C(=O)c2ccco2)ccc1OC(=O)c1ccncc1. The molecule has 0 N–H and O–H groups in total. The third kappa shape index (κ3) is 4.14. The summed E-state index contributed by atoms with van der Waals surface area (Å²) in [6, 6.07) is 12.7. The van der Waals surface area contributed by atoms with Crippen LogP contribution in [0, 0.1) is 11.3 Å². The molecule has 28 heavy (non-hydrogen) atoms. The molecule has 2 aromatic heterocycles. The van der Waals surface area contributed by atoms with Crippen LogP contribution in [-0.4, -0.2) is 23.8 Å². The average molecular weight is 374 g/mol.